The first-order valence-electron chi connectivity index (χ1n) is 34.4. The Morgan fingerprint density at radius 2 is 1.68 bits per heavy atom. The van der Waals surface area contributed by atoms with Crippen molar-refractivity contribution in [1.82, 2.24) is 15.2 Å². The summed E-state index contributed by atoms with van der Waals surface area (Å²) in [7, 11) is 0. The second kappa shape index (κ2) is 26.4. The van der Waals surface area contributed by atoms with Crippen molar-refractivity contribution in [3.8, 4) is 34.8 Å². The molecule has 13 nitrogen and oxygen atoms in total. The summed E-state index contributed by atoms with van der Waals surface area (Å²) in [5, 5.41) is 76.8. The second-order valence-corrected chi connectivity index (χ2v) is 28.5. The van der Waals surface area contributed by atoms with Crippen LogP contribution >= 0.6 is 0 Å². The summed E-state index contributed by atoms with van der Waals surface area (Å²) < 4.78 is 30.3. The Hall–Kier alpha value is -6.60. The summed E-state index contributed by atoms with van der Waals surface area (Å²) >= 11 is 0. The maximum Gasteiger partial charge on any atom is 0.165 e. The zero-order valence-electron chi connectivity index (χ0n) is 53.3. The van der Waals surface area contributed by atoms with Crippen LogP contribution in [0.2, 0.25) is 0 Å². The Balaban J connectivity index is 0.934. The number of aliphatic hydroxyl groups is 3. The van der Waals surface area contributed by atoms with Crippen molar-refractivity contribution in [2.24, 2.45) is 29.6 Å². The van der Waals surface area contributed by atoms with Crippen molar-refractivity contribution in [3.63, 3.8) is 0 Å². The fraction of sp³-hybridized carbons (Fsp3) is 0.513. The number of phenols is 3. The van der Waals surface area contributed by atoms with E-state index in [0.717, 1.165) is 145 Å². The lowest BCUT2D eigenvalue weighted by Crippen LogP contribution is -2.64. The molecule has 9 atom stereocenters. The van der Waals surface area contributed by atoms with Crippen LogP contribution < -0.4 is 15.4 Å². The number of fused-ring (bicyclic) bond motifs is 4. The summed E-state index contributed by atoms with van der Waals surface area (Å²) in [6.45, 7) is 6.10. The third-order valence-corrected chi connectivity index (χ3v) is 22.4. The van der Waals surface area contributed by atoms with Crippen molar-refractivity contribution in [2.75, 3.05) is 33.2 Å². The van der Waals surface area contributed by atoms with Crippen molar-refractivity contribution in [2.45, 2.75) is 191 Å². The van der Waals surface area contributed by atoms with Gasteiger partial charge in [0.05, 0.1) is 51.0 Å². The second-order valence-electron chi connectivity index (χ2n) is 28.5. The van der Waals surface area contributed by atoms with E-state index < -0.39 is 12.3 Å². The molecule has 1 saturated heterocycles. The molecular formula is C78H93N3O10. The number of benzene rings is 5. The number of nitrogens with zero attached hydrogens (tertiary/aromatic N) is 1. The van der Waals surface area contributed by atoms with E-state index in [-0.39, 0.29) is 97.1 Å². The molecule has 9 unspecified atom stereocenters. The largest absolute Gasteiger partial charge is 0.508 e. The summed E-state index contributed by atoms with van der Waals surface area (Å²) in [6.07, 6.45) is 22.6. The first-order chi connectivity index (χ1) is 44.4. The predicted octanol–water partition coefficient (Wildman–Crippen LogP) is 12.8. The van der Waals surface area contributed by atoms with Gasteiger partial charge in [-0.15, -0.1) is 0 Å². The van der Waals surface area contributed by atoms with Gasteiger partial charge in [0.2, 0.25) is 0 Å². The molecule has 8 bridgehead atoms. The number of aromatic nitrogens is 1. The van der Waals surface area contributed by atoms with Crippen LogP contribution in [-0.4, -0.2) is 92.3 Å². The number of ether oxygens (including phenoxy) is 4. The molecule has 6 heterocycles. The molecule has 0 amide bonds. The van der Waals surface area contributed by atoms with Crippen molar-refractivity contribution in [1.29, 1.82) is 0 Å². The fourth-order valence-corrected chi connectivity index (χ4v) is 18.3. The minimum absolute atomic E-state index is 0.00820. The maximum atomic E-state index is 12.8. The monoisotopic (exact) mass is 1230 g/mol. The number of nitrogens with one attached hydrogen (secondary N) is 2. The van der Waals surface area contributed by atoms with Crippen LogP contribution in [0.15, 0.2) is 108 Å². The van der Waals surface area contributed by atoms with Gasteiger partial charge in [-0.1, -0.05) is 93.5 Å². The lowest BCUT2D eigenvalue weighted by atomic mass is 9.45. The van der Waals surface area contributed by atoms with E-state index in [0.29, 0.717) is 55.9 Å². The highest BCUT2D eigenvalue weighted by molar-refractivity contribution is 5.89. The maximum absolute atomic E-state index is 12.8. The molecule has 5 aliphatic heterocycles. The van der Waals surface area contributed by atoms with Gasteiger partial charge in [0, 0.05) is 70.2 Å². The molecular weight excluding hydrogens is 1140 g/mol. The fourth-order valence-electron chi connectivity index (χ4n) is 18.3. The van der Waals surface area contributed by atoms with Gasteiger partial charge in [-0.25, -0.2) is 0 Å². The number of aromatic hydroxyl groups is 3. The highest BCUT2D eigenvalue weighted by atomic mass is 16.5. The van der Waals surface area contributed by atoms with E-state index in [1.54, 1.807) is 24.3 Å². The lowest BCUT2D eigenvalue weighted by molar-refractivity contribution is -0.193. The Kier molecular flexibility index (Phi) is 18.0. The zero-order valence-corrected chi connectivity index (χ0v) is 53.3. The first-order valence-corrected chi connectivity index (χ1v) is 34.4. The van der Waals surface area contributed by atoms with E-state index in [9.17, 15) is 30.6 Å². The molecule has 91 heavy (non-hydrogen) atoms. The zero-order chi connectivity index (χ0) is 62.4. The quantitative estimate of drug-likeness (QED) is 0.0277. The highest BCUT2D eigenvalue weighted by Crippen LogP contribution is 2.64. The summed E-state index contributed by atoms with van der Waals surface area (Å²) in [5.74, 6) is 10.1. The molecule has 15 rings (SSSR count). The number of aryl methyl sites for hydroxylation is 3. The molecule has 13 heteroatoms. The van der Waals surface area contributed by atoms with Crippen LogP contribution in [0.3, 0.4) is 0 Å². The average Bonchev–Trinajstić information content (AvgIpc) is 0.953. The SMILES string of the molecule is CC(C)CC1CC2Cc3c(CO)cc(O)c(c31)OCc1cc(C34c5c6cccc5CCC3C3(CCCCC3)OCC4CC6)cc3cn(cc13)C1=C3COC(CCCC(CCc4ccc(O)c(Cc5cccc(O)c5)c4)C#CC3=CC(NCOCCCO)N1)CC2O. The van der Waals surface area contributed by atoms with Crippen molar-refractivity contribution >= 4 is 16.6 Å². The van der Waals surface area contributed by atoms with Crippen LogP contribution in [-0.2, 0) is 64.9 Å². The summed E-state index contributed by atoms with van der Waals surface area (Å²) in [5.41, 5.74) is 13.5. The molecule has 1 aromatic heterocycles. The Morgan fingerprint density at radius 3 is 2.51 bits per heavy atom. The molecule has 1 spiro atoms. The van der Waals surface area contributed by atoms with Gasteiger partial charge in [-0.2, -0.15) is 0 Å². The summed E-state index contributed by atoms with van der Waals surface area (Å²) in [4.78, 5) is 0. The number of hydrogen-bond acceptors (Lipinski definition) is 12. The smallest absolute Gasteiger partial charge is 0.165 e. The molecule has 480 valence electrons. The molecule has 6 aromatic rings. The van der Waals surface area contributed by atoms with Gasteiger partial charge in [0.15, 0.2) is 11.5 Å². The van der Waals surface area contributed by atoms with E-state index in [2.05, 4.69) is 95.8 Å². The molecule has 8 N–H and O–H groups in total. The van der Waals surface area contributed by atoms with Gasteiger partial charge in [-0.3, -0.25) is 5.32 Å². The Bertz CT molecular complexity index is 3770. The number of phenolic OH excluding ortho intramolecular Hbond substituents is 3. The Morgan fingerprint density at radius 1 is 0.835 bits per heavy atom. The minimum atomic E-state index is -0.713. The van der Waals surface area contributed by atoms with E-state index in [1.165, 1.54) is 41.5 Å². The van der Waals surface area contributed by atoms with Gasteiger partial charge >= 0.3 is 0 Å². The van der Waals surface area contributed by atoms with Gasteiger partial charge in [-0.05, 0) is 218 Å². The topological polar surface area (TPSA) is 187 Å². The van der Waals surface area contributed by atoms with Gasteiger partial charge in [0.1, 0.15) is 30.1 Å². The number of hydrogen-bond donors (Lipinski definition) is 8. The third-order valence-electron chi connectivity index (χ3n) is 22.4. The predicted molar refractivity (Wildman–Crippen MR) is 354 cm³/mol. The standard InChI is InChI=1S/C78H93N3O10/c1-48(2)30-57-34-56-37-65-59(43-83)38-70(87)75(73(57)65)90-44-60-36-62(78-61-23-21-52-12-8-13-53(74(52)78)22-25-71(78)77(91-45-61)26-4-3-5-27-77)35-58-41-81(42-66(58)60)76-67-46-89-64(40-69(56)86)15-7-10-49(18-20-54(67)39-72(80-76)79-47-88-29-9-28-82)16-17-50-19-24-68(85)55(31-50)32-51-11-6-14-63(84)33-51/h6,8,11-14,19,24,31,33,35-36,38-39,41-42,48-49,56-57,61,64,69,71-72,79-80,82-87H,3-5,7,9-10,15-17,21-23,25-30,32,34,37,40,43-47H2,1-2H3. The van der Waals surface area contributed by atoms with Crippen molar-refractivity contribution < 1.29 is 49.6 Å². The Labute approximate surface area is 536 Å². The number of aliphatic hydroxyl groups excluding tert-OH is 3. The summed E-state index contributed by atoms with van der Waals surface area (Å²) in [6, 6.07) is 26.9. The highest BCUT2D eigenvalue weighted by Gasteiger charge is 2.63. The van der Waals surface area contributed by atoms with E-state index in [1.807, 2.05) is 18.2 Å². The van der Waals surface area contributed by atoms with Gasteiger partial charge < -0.3 is 59.5 Å². The normalized spacial score (nSPS) is 26.7. The van der Waals surface area contributed by atoms with Gasteiger partial charge in [0.25, 0.3) is 0 Å². The molecule has 9 aliphatic rings. The first kappa shape index (κ1) is 61.9. The van der Waals surface area contributed by atoms with Crippen LogP contribution in [0.25, 0.3) is 16.6 Å². The van der Waals surface area contributed by atoms with Crippen LogP contribution in [0.5, 0.6) is 23.0 Å². The average molecular weight is 1230 g/mol. The number of dihydropyridines is 1. The van der Waals surface area contributed by atoms with E-state index in [4.69, 9.17) is 18.9 Å². The molecule has 0 radical (unpaired) electrons. The lowest BCUT2D eigenvalue weighted by Gasteiger charge is -2.63. The van der Waals surface area contributed by atoms with Crippen molar-refractivity contribution in [3.05, 3.63) is 170 Å². The van der Waals surface area contributed by atoms with E-state index >= 15 is 0 Å². The minimum Gasteiger partial charge on any atom is -0.508 e. The third kappa shape index (κ3) is 12.1. The molecule has 1 saturated carbocycles. The van der Waals surface area contributed by atoms with Crippen LogP contribution in [0, 0.1) is 41.4 Å². The molecule has 4 aliphatic carbocycles. The molecule has 2 fully saturated rings. The molecule has 5 aromatic carbocycles. The van der Waals surface area contributed by atoms with Crippen LogP contribution in [0.1, 0.15) is 177 Å². The number of rotatable bonds is 15. The van der Waals surface area contributed by atoms with Crippen LogP contribution in [0.4, 0.5) is 0 Å².